The van der Waals surface area contributed by atoms with Gasteiger partial charge in [-0.15, -0.1) is 0 Å². The summed E-state index contributed by atoms with van der Waals surface area (Å²) in [6.45, 7) is 0.339. The Morgan fingerprint density at radius 3 is 2.71 bits per heavy atom. The molecule has 1 aliphatic rings. The molecule has 0 aliphatic carbocycles. The summed E-state index contributed by atoms with van der Waals surface area (Å²) >= 11 is 0. The Hall–Kier alpha value is -1.91. The van der Waals surface area contributed by atoms with Crippen molar-refractivity contribution in [2.45, 2.75) is 25.4 Å². The molecule has 1 aliphatic heterocycles. The molecule has 1 fully saturated rings. The lowest BCUT2D eigenvalue weighted by molar-refractivity contribution is -0.125. The monoisotopic (exact) mass is 236 g/mol. The van der Waals surface area contributed by atoms with Crippen molar-refractivity contribution in [3.63, 3.8) is 0 Å². The van der Waals surface area contributed by atoms with Gasteiger partial charge in [-0.1, -0.05) is 12.1 Å². The Balaban J connectivity index is 1.84. The van der Waals surface area contributed by atoms with Gasteiger partial charge in [-0.25, -0.2) is 4.39 Å². The van der Waals surface area contributed by atoms with Gasteiger partial charge in [0.05, 0.1) is 0 Å². The molecule has 17 heavy (non-hydrogen) atoms. The lowest BCUT2D eigenvalue weighted by Gasteiger charge is -2.10. The number of hydrogen-bond acceptors (Lipinski definition) is 2. The van der Waals surface area contributed by atoms with Crippen molar-refractivity contribution in [1.29, 1.82) is 0 Å². The van der Waals surface area contributed by atoms with Crippen molar-refractivity contribution in [2.75, 3.05) is 0 Å². The average molecular weight is 236 g/mol. The van der Waals surface area contributed by atoms with E-state index in [0.29, 0.717) is 19.4 Å². The lowest BCUT2D eigenvalue weighted by Crippen LogP contribution is -2.41. The van der Waals surface area contributed by atoms with Crippen LogP contribution in [-0.4, -0.2) is 17.9 Å². The summed E-state index contributed by atoms with van der Waals surface area (Å²) in [4.78, 5) is 22.6. The van der Waals surface area contributed by atoms with Gasteiger partial charge in [0.1, 0.15) is 11.9 Å². The first-order chi connectivity index (χ1) is 8.15. The van der Waals surface area contributed by atoms with Gasteiger partial charge in [-0.3, -0.25) is 9.59 Å². The molecule has 2 N–H and O–H groups in total. The molecule has 0 aromatic heterocycles. The third-order valence-corrected chi connectivity index (χ3v) is 2.69. The van der Waals surface area contributed by atoms with Crippen molar-refractivity contribution >= 4 is 11.8 Å². The summed E-state index contributed by atoms with van der Waals surface area (Å²) in [6, 6.07) is 5.49. The van der Waals surface area contributed by atoms with Gasteiger partial charge in [0, 0.05) is 13.0 Å². The first-order valence-electron chi connectivity index (χ1n) is 5.46. The average Bonchev–Trinajstić information content (AvgIpc) is 2.75. The van der Waals surface area contributed by atoms with Crippen LogP contribution in [0.1, 0.15) is 18.4 Å². The fourth-order valence-corrected chi connectivity index (χ4v) is 1.73. The quantitative estimate of drug-likeness (QED) is 0.812. The number of rotatable bonds is 3. The van der Waals surface area contributed by atoms with E-state index in [1.807, 2.05) is 0 Å². The number of amides is 2. The number of halogens is 1. The van der Waals surface area contributed by atoms with Crippen LogP contribution in [0.15, 0.2) is 24.3 Å². The van der Waals surface area contributed by atoms with Crippen LogP contribution >= 0.6 is 0 Å². The molecule has 0 saturated carbocycles. The van der Waals surface area contributed by atoms with Crippen molar-refractivity contribution in [3.05, 3.63) is 35.6 Å². The topological polar surface area (TPSA) is 58.2 Å². The summed E-state index contributed by atoms with van der Waals surface area (Å²) in [7, 11) is 0. The molecule has 2 rings (SSSR count). The number of nitrogens with one attached hydrogen (secondary N) is 2. The number of carbonyl (C=O) groups excluding carboxylic acids is 2. The Bertz CT molecular complexity index is 431. The van der Waals surface area contributed by atoms with Crippen LogP contribution in [0.2, 0.25) is 0 Å². The van der Waals surface area contributed by atoms with E-state index in [1.165, 1.54) is 12.1 Å². The molecule has 1 saturated heterocycles. The molecule has 1 heterocycles. The normalized spacial score (nSPS) is 18.9. The van der Waals surface area contributed by atoms with Gasteiger partial charge in [0.15, 0.2) is 0 Å². The Kier molecular flexibility index (Phi) is 3.37. The summed E-state index contributed by atoms with van der Waals surface area (Å²) in [5, 5.41) is 5.29. The fraction of sp³-hybridized carbons (Fsp3) is 0.333. The second-order valence-electron chi connectivity index (χ2n) is 4.00. The molecule has 5 heteroatoms. The smallest absolute Gasteiger partial charge is 0.242 e. The van der Waals surface area contributed by atoms with Gasteiger partial charge in [0.2, 0.25) is 11.8 Å². The van der Waals surface area contributed by atoms with E-state index in [9.17, 15) is 14.0 Å². The van der Waals surface area contributed by atoms with E-state index >= 15 is 0 Å². The van der Waals surface area contributed by atoms with Crippen LogP contribution < -0.4 is 10.6 Å². The highest BCUT2D eigenvalue weighted by Crippen LogP contribution is 2.07. The maximum absolute atomic E-state index is 12.6. The first-order valence-corrected chi connectivity index (χ1v) is 5.46. The van der Waals surface area contributed by atoms with Crippen LogP contribution in [0, 0.1) is 5.82 Å². The largest absolute Gasteiger partial charge is 0.350 e. The summed E-state index contributed by atoms with van der Waals surface area (Å²) in [5.74, 6) is -0.588. The predicted molar refractivity (Wildman–Crippen MR) is 59.4 cm³/mol. The minimum absolute atomic E-state index is 0.0908. The Morgan fingerprint density at radius 1 is 1.41 bits per heavy atom. The van der Waals surface area contributed by atoms with Gasteiger partial charge in [0.25, 0.3) is 0 Å². The molecule has 90 valence electrons. The van der Waals surface area contributed by atoms with Crippen LogP contribution in [0.3, 0.4) is 0 Å². The van der Waals surface area contributed by atoms with Crippen LogP contribution in [0.4, 0.5) is 4.39 Å². The summed E-state index contributed by atoms with van der Waals surface area (Å²) in [6.07, 6.45) is 0.933. The van der Waals surface area contributed by atoms with Crippen LogP contribution in [0.5, 0.6) is 0 Å². The maximum Gasteiger partial charge on any atom is 0.242 e. The zero-order valence-corrected chi connectivity index (χ0v) is 9.20. The van der Waals surface area contributed by atoms with Crippen molar-refractivity contribution in [2.24, 2.45) is 0 Å². The van der Waals surface area contributed by atoms with Gasteiger partial charge in [-0.2, -0.15) is 0 Å². The molecule has 1 atom stereocenters. The second kappa shape index (κ2) is 4.95. The molecular weight excluding hydrogens is 223 g/mol. The molecule has 0 radical (unpaired) electrons. The van der Waals surface area contributed by atoms with Crippen molar-refractivity contribution < 1.29 is 14.0 Å². The van der Waals surface area contributed by atoms with E-state index in [4.69, 9.17) is 0 Å². The van der Waals surface area contributed by atoms with Gasteiger partial charge in [-0.05, 0) is 24.1 Å². The van der Waals surface area contributed by atoms with E-state index in [1.54, 1.807) is 12.1 Å². The summed E-state index contributed by atoms with van der Waals surface area (Å²) in [5.41, 5.74) is 0.823. The SMILES string of the molecule is O=C1CCC(C(=O)NCc2ccc(F)cc2)N1. The van der Waals surface area contributed by atoms with E-state index < -0.39 is 6.04 Å². The van der Waals surface area contributed by atoms with Crippen LogP contribution in [0.25, 0.3) is 0 Å². The molecule has 2 amide bonds. The third kappa shape index (κ3) is 3.03. The molecule has 0 bridgehead atoms. The highest BCUT2D eigenvalue weighted by Gasteiger charge is 2.26. The summed E-state index contributed by atoms with van der Waals surface area (Å²) < 4.78 is 12.6. The highest BCUT2D eigenvalue weighted by atomic mass is 19.1. The number of carbonyl (C=O) groups is 2. The minimum atomic E-state index is -0.428. The molecular formula is C12H13FN2O2. The zero-order valence-electron chi connectivity index (χ0n) is 9.20. The zero-order chi connectivity index (χ0) is 12.3. The standard InChI is InChI=1S/C12H13FN2O2/c13-9-3-1-8(2-4-9)7-14-12(17)10-5-6-11(16)15-10/h1-4,10H,5-7H2,(H,14,17)(H,15,16). The Labute approximate surface area is 98.2 Å². The van der Waals surface area contributed by atoms with E-state index in [-0.39, 0.29) is 17.6 Å². The fourth-order valence-electron chi connectivity index (χ4n) is 1.73. The lowest BCUT2D eigenvalue weighted by atomic mass is 10.2. The molecule has 1 unspecified atom stereocenters. The second-order valence-corrected chi connectivity index (χ2v) is 4.00. The van der Waals surface area contributed by atoms with Crippen molar-refractivity contribution in [1.82, 2.24) is 10.6 Å². The van der Waals surface area contributed by atoms with E-state index in [2.05, 4.69) is 10.6 Å². The first kappa shape index (κ1) is 11.6. The molecule has 1 aromatic carbocycles. The number of hydrogen-bond donors (Lipinski definition) is 2. The highest BCUT2D eigenvalue weighted by molar-refractivity contribution is 5.90. The van der Waals surface area contributed by atoms with Gasteiger partial charge >= 0.3 is 0 Å². The van der Waals surface area contributed by atoms with E-state index in [0.717, 1.165) is 5.56 Å². The molecule has 1 aromatic rings. The maximum atomic E-state index is 12.6. The molecule has 4 nitrogen and oxygen atoms in total. The Morgan fingerprint density at radius 2 is 2.12 bits per heavy atom. The van der Waals surface area contributed by atoms with Crippen LogP contribution in [-0.2, 0) is 16.1 Å². The van der Waals surface area contributed by atoms with Gasteiger partial charge < -0.3 is 10.6 Å². The van der Waals surface area contributed by atoms with Crippen molar-refractivity contribution in [3.8, 4) is 0 Å². The molecule has 0 spiro atoms. The predicted octanol–water partition coefficient (Wildman–Crippen LogP) is 0.720. The third-order valence-electron chi connectivity index (χ3n) is 2.69. The number of benzene rings is 1. The minimum Gasteiger partial charge on any atom is -0.350 e.